The predicted molar refractivity (Wildman–Crippen MR) is 116 cm³/mol. The van der Waals surface area contributed by atoms with Crippen molar-refractivity contribution in [3.8, 4) is 11.1 Å². The number of H-pyrrole nitrogens is 1. The summed E-state index contributed by atoms with van der Waals surface area (Å²) in [5.41, 5.74) is 3.39. The second kappa shape index (κ2) is 7.92. The topological polar surface area (TPSA) is 42.1 Å². The molecule has 0 radical (unpaired) electrons. The van der Waals surface area contributed by atoms with Crippen molar-refractivity contribution in [3.63, 3.8) is 0 Å². The van der Waals surface area contributed by atoms with Gasteiger partial charge in [-0.25, -0.2) is 4.79 Å². The number of esters is 1. The predicted octanol–water partition coefficient (Wildman–Crippen LogP) is 7.08. The molecule has 1 N–H and O–H groups in total. The molecule has 0 atom stereocenters. The number of hydrogen-bond donors (Lipinski definition) is 1. The zero-order chi connectivity index (χ0) is 19.7. The van der Waals surface area contributed by atoms with Gasteiger partial charge in [-0.05, 0) is 47.5 Å². The van der Waals surface area contributed by atoms with E-state index in [9.17, 15) is 4.79 Å². The highest BCUT2D eigenvalue weighted by Crippen LogP contribution is 2.38. The van der Waals surface area contributed by atoms with Crippen molar-refractivity contribution in [2.75, 3.05) is 7.11 Å². The molecule has 0 aliphatic rings. The van der Waals surface area contributed by atoms with E-state index in [1.165, 1.54) is 7.11 Å². The Morgan fingerprint density at radius 2 is 1.71 bits per heavy atom. The maximum atomic E-state index is 12.0. The zero-order valence-electron chi connectivity index (χ0n) is 14.8. The summed E-state index contributed by atoms with van der Waals surface area (Å²) in [4.78, 5) is 17.2. The largest absolute Gasteiger partial charge is 0.464 e. The van der Waals surface area contributed by atoms with Crippen LogP contribution in [0.3, 0.4) is 0 Å². The number of aromatic nitrogens is 1. The van der Waals surface area contributed by atoms with Gasteiger partial charge in [-0.1, -0.05) is 65.3 Å². The Morgan fingerprint density at radius 3 is 2.43 bits per heavy atom. The quantitative estimate of drug-likeness (QED) is 0.353. The number of carbonyl (C=O) groups is 1. The second-order valence-corrected chi connectivity index (χ2v) is 8.11. The standard InChI is InChI=1S/C22H15Cl2NO2S/c1-27-22(26)21-12-17-16(13-5-3-2-4-6-13)9-15(11-20(17)25-21)28-14-7-8-18(23)19(24)10-14/h2-12,25H,1H3. The van der Waals surface area contributed by atoms with Crippen molar-refractivity contribution in [2.45, 2.75) is 9.79 Å². The van der Waals surface area contributed by atoms with Crippen LogP contribution < -0.4 is 0 Å². The van der Waals surface area contributed by atoms with Gasteiger partial charge in [-0.15, -0.1) is 0 Å². The van der Waals surface area contributed by atoms with Gasteiger partial charge in [-0.2, -0.15) is 0 Å². The van der Waals surface area contributed by atoms with Crippen molar-refractivity contribution in [3.05, 3.63) is 82.5 Å². The highest BCUT2D eigenvalue weighted by atomic mass is 35.5. The fraction of sp³-hybridized carbons (Fsp3) is 0.0455. The van der Waals surface area contributed by atoms with E-state index in [0.717, 1.165) is 31.8 Å². The van der Waals surface area contributed by atoms with E-state index in [2.05, 4.69) is 11.1 Å². The molecule has 0 amide bonds. The van der Waals surface area contributed by atoms with Crippen molar-refractivity contribution in [2.24, 2.45) is 0 Å². The third-order valence-electron chi connectivity index (χ3n) is 4.33. The summed E-state index contributed by atoms with van der Waals surface area (Å²) >= 11 is 13.8. The summed E-state index contributed by atoms with van der Waals surface area (Å²) in [6.45, 7) is 0. The first-order valence-electron chi connectivity index (χ1n) is 8.48. The normalized spacial score (nSPS) is 11.0. The van der Waals surface area contributed by atoms with E-state index < -0.39 is 5.97 Å². The fourth-order valence-corrected chi connectivity index (χ4v) is 4.32. The number of fused-ring (bicyclic) bond motifs is 1. The lowest BCUT2D eigenvalue weighted by atomic mass is 10.0. The summed E-state index contributed by atoms with van der Waals surface area (Å²) in [6, 6.07) is 21.6. The van der Waals surface area contributed by atoms with E-state index in [1.807, 2.05) is 54.6 Å². The van der Waals surface area contributed by atoms with Gasteiger partial charge in [0.2, 0.25) is 0 Å². The maximum absolute atomic E-state index is 12.0. The molecule has 0 saturated carbocycles. The van der Waals surface area contributed by atoms with Crippen LogP contribution in [0.1, 0.15) is 10.5 Å². The Morgan fingerprint density at radius 1 is 0.929 bits per heavy atom. The van der Waals surface area contributed by atoms with E-state index in [4.69, 9.17) is 27.9 Å². The average Bonchev–Trinajstić information content (AvgIpc) is 3.14. The van der Waals surface area contributed by atoms with Gasteiger partial charge in [0, 0.05) is 20.7 Å². The molecular formula is C22H15Cl2NO2S. The number of methoxy groups -OCH3 is 1. The van der Waals surface area contributed by atoms with Crippen LogP contribution in [-0.4, -0.2) is 18.1 Å². The Bertz CT molecular complexity index is 1170. The van der Waals surface area contributed by atoms with Gasteiger partial charge in [0.25, 0.3) is 0 Å². The molecule has 0 bridgehead atoms. The van der Waals surface area contributed by atoms with Crippen LogP contribution in [0.15, 0.2) is 76.5 Å². The molecule has 28 heavy (non-hydrogen) atoms. The monoisotopic (exact) mass is 427 g/mol. The Hall–Kier alpha value is -2.40. The van der Waals surface area contributed by atoms with Crippen LogP contribution in [0.25, 0.3) is 22.0 Å². The summed E-state index contributed by atoms with van der Waals surface area (Å²) < 4.78 is 4.86. The number of hydrogen-bond acceptors (Lipinski definition) is 3. The van der Waals surface area contributed by atoms with Crippen molar-refractivity contribution in [1.29, 1.82) is 0 Å². The van der Waals surface area contributed by atoms with E-state index in [1.54, 1.807) is 17.8 Å². The minimum absolute atomic E-state index is 0.395. The number of aromatic amines is 1. The molecule has 6 heteroatoms. The fourth-order valence-electron chi connectivity index (χ4n) is 3.02. The summed E-state index contributed by atoms with van der Waals surface area (Å²) in [5.74, 6) is -0.395. The van der Waals surface area contributed by atoms with Gasteiger partial charge >= 0.3 is 5.97 Å². The molecule has 140 valence electrons. The second-order valence-electron chi connectivity index (χ2n) is 6.15. The van der Waals surface area contributed by atoms with Crippen molar-refractivity contribution in [1.82, 2.24) is 4.98 Å². The van der Waals surface area contributed by atoms with E-state index >= 15 is 0 Å². The lowest BCUT2D eigenvalue weighted by Gasteiger charge is -2.09. The summed E-state index contributed by atoms with van der Waals surface area (Å²) in [5, 5.41) is 2.01. The number of benzene rings is 3. The first-order chi connectivity index (χ1) is 13.5. The Kier molecular flexibility index (Phi) is 5.36. The molecule has 0 aliphatic carbocycles. The first-order valence-corrected chi connectivity index (χ1v) is 10.1. The number of rotatable bonds is 4. The van der Waals surface area contributed by atoms with Crippen LogP contribution in [0.5, 0.6) is 0 Å². The molecular weight excluding hydrogens is 413 g/mol. The lowest BCUT2D eigenvalue weighted by Crippen LogP contribution is -2.00. The van der Waals surface area contributed by atoms with E-state index in [0.29, 0.717) is 15.7 Å². The van der Waals surface area contributed by atoms with Crippen LogP contribution in [-0.2, 0) is 4.74 Å². The van der Waals surface area contributed by atoms with Gasteiger partial charge in [0.05, 0.1) is 17.2 Å². The number of carbonyl (C=O) groups excluding carboxylic acids is 1. The van der Waals surface area contributed by atoms with Crippen molar-refractivity contribution >= 4 is 51.8 Å². The van der Waals surface area contributed by atoms with Gasteiger partial charge in [-0.3, -0.25) is 0 Å². The van der Waals surface area contributed by atoms with Crippen LogP contribution >= 0.6 is 35.0 Å². The third-order valence-corrected chi connectivity index (χ3v) is 6.03. The summed E-state index contributed by atoms with van der Waals surface area (Å²) in [7, 11) is 1.37. The molecule has 3 nitrogen and oxygen atoms in total. The van der Waals surface area contributed by atoms with Crippen LogP contribution in [0, 0.1) is 0 Å². The first kappa shape index (κ1) is 18.9. The van der Waals surface area contributed by atoms with Gasteiger partial charge in [0.1, 0.15) is 5.69 Å². The number of nitrogens with one attached hydrogen (secondary N) is 1. The minimum Gasteiger partial charge on any atom is -0.464 e. The molecule has 0 saturated heterocycles. The molecule has 3 aromatic carbocycles. The molecule has 0 aliphatic heterocycles. The highest BCUT2D eigenvalue weighted by Gasteiger charge is 2.15. The molecule has 4 aromatic rings. The number of ether oxygens (including phenoxy) is 1. The Balaban J connectivity index is 1.85. The maximum Gasteiger partial charge on any atom is 0.354 e. The molecule has 4 rings (SSSR count). The summed E-state index contributed by atoms with van der Waals surface area (Å²) in [6.07, 6.45) is 0. The van der Waals surface area contributed by atoms with E-state index in [-0.39, 0.29) is 0 Å². The van der Waals surface area contributed by atoms with Gasteiger partial charge < -0.3 is 9.72 Å². The highest BCUT2D eigenvalue weighted by molar-refractivity contribution is 7.99. The van der Waals surface area contributed by atoms with Crippen LogP contribution in [0.2, 0.25) is 10.0 Å². The lowest BCUT2D eigenvalue weighted by molar-refractivity contribution is 0.0595. The average molecular weight is 428 g/mol. The Labute approximate surface area is 176 Å². The SMILES string of the molecule is COC(=O)c1cc2c(-c3ccccc3)cc(Sc3ccc(Cl)c(Cl)c3)cc2[nH]1. The smallest absolute Gasteiger partial charge is 0.354 e. The van der Waals surface area contributed by atoms with Crippen molar-refractivity contribution < 1.29 is 9.53 Å². The molecule has 1 heterocycles. The number of halogens is 2. The van der Waals surface area contributed by atoms with Gasteiger partial charge in [0.15, 0.2) is 0 Å². The minimum atomic E-state index is -0.395. The zero-order valence-corrected chi connectivity index (χ0v) is 17.2. The molecule has 0 fully saturated rings. The molecule has 0 unspecified atom stereocenters. The van der Waals surface area contributed by atoms with Crippen LogP contribution in [0.4, 0.5) is 0 Å². The molecule has 1 aromatic heterocycles. The third kappa shape index (κ3) is 3.76. The molecule has 0 spiro atoms.